The fourth-order valence-corrected chi connectivity index (χ4v) is 2.71. The Morgan fingerprint density at radius 3 is 2.47 bits per heavy atom. The lowest BCUT2D eigenvalue weighted by Gasteiger charge is -2.30. The minimum Gasteiger partial charge on any atom is -0.346 e. The van der Waals surface area contributed by atoms with E-state index in [1.54, 1.807) is 10.9 Å². The van der Waals surface area contributed by atoms with Gasteiger partial charge in [-0.25, -0.2) is 0 Å². The first-order chi connectivity index (χ1) is 7.98. The van der Waals surface area contributed by atoms with E-state index in [9.17, 15) is 4.79 Å². The molecular formula is C12H20BrN3O. The zero-order valence-electron chi connectivity index (χ0n) is 10.9. The van der Waals surface area contributed by atoms with Crippen LogP contribution in [0.25, 0.3) is 0 Å². The molecule has 0 atom stereocenters. The molecule has 0 saturated carbocycles. The van der Waals surface area contributed by atoms with Crippen molar-refractivity contribution in [2.24, 2.45) is 7.05 Å². The zero-order chi connectivity index (χ0) is 13.1. The molecule has 4 nitrogen and oxygen atoms in total. The summed E-state index contributed by atoms with van der Waals surface area (Å²) in [5.41, 5.74) is 1.25. The molecule has 1 heterocycles. The molecule has 0 unspecified atom stereocenters. The van der Waals surface area contributed by atoms with Gasteiger partial charge in [0.15, 0.2) is 0 Å². The molecule has 0 spiro atoms. The number of carbonyl (C=O) groups excluding carboxylic acids is 1. The number of alkyl halides is 1. The number of hydrogen-bond donors (Lipinski definition) is 1. The Labute approximate surface area is 111 Å². The molecule has 0 aliphatic heterocycles. The van der Waals surface area contributed by atoms with Crippen LogP contribution in [0.1, 0.15) is 42.7 Å². The second-order valence-corrected chi connectivity index (χ2v) is 4.94. The van der Waals surface area contributed by atoms with Crippen molar-refractivity contribution in [2.75, 3.05) is 5.33 Å². The van der Waals surface area contributed by atoms with Crippen molar-refractivity contribution >= 4 is 21.8 Å². The standard InChI is InChI=1S/C12H20BrN3O/c1-5-12(6-2,8-13)14-11(17)10-7-16(4)15-9(10)3/h7H,5-6,8H2,1-4H3,(H,14,17). The number of aryl methyl sites for hydroxylation is 2. The molecule has 0 radical (unpaired) electrons. The highest BCUT2D eigenvalue weighted by Crippen LogP contribution is 2.19. The number of carbonyl (C=O) groups is 1. The van der Waals surface area contributed by atoms with Crippen LogP contribution in [0.2, 0.25) is 0 Å². The van der Waals surface area contributed by atoms with Crippen molar-refractivity contribution in [1.29, 1.82) is 0 Å². The first kappa shape index (κ1) is 14.2. The summed E-state index contributed by atoms with van der Waals surface area (Å²) in [6.45, 7) is 6.02. The Kier molecular flexibility index (Phi) is 4.74. The van der Waals surface area contributed by atoms with Crippen molar-refractivity contribution < 1.29 is 4.79 Å². The lowest BCUT2D eigenvalue weighted by molar-refractivity contribution is 0.0903. The van der Waals surface area contributed by atoms with E-state index in [-0.39, 0.29) is 11.4 Å². The third-order valence-corrected chi connectivity index (χ3v) is 4.32. The van der Waals surface area contributed by atoms with Crippen molar-refractivity contribution in [2.45, 2.75) is 39.2 Å². The third kappa shape index (κ3) is 3.09. The minimum atomic E-state index is -0.167. The minimum absolute atomic E-state index is 0.0428. The Balaban J connectivity index is 2.88. The van der Waals surface area contributed by atoms with E-state index in [0.717, 1.165) is 23.9 Å². The number of rotatable bonds is 5. The Hall–Kier alpha value is -0.840. The van der Waals surface area contributed by atoms with Crippen LogP contribution < -0.4 is 5.32 Å². The molecular weight excluding hydrogens is 282 g/mol. The summed E-state index contributed by atoms with van der Waals surface area (Å²) in [6.07, 6.45) is 3.56. The quantitative estimate of drug-likeness (QED) is 0.849. The lowest BCUT2D eigenvalue weighted by atomic mass is 9.95. The number of nitrogens with one attached hydrogen (secondary N) is 1. The molecule has 1 aromatic heterocycles. The lowest BCUT2D eigenvalue weighted by Crippen LogP contribution is -2.49. The van der Waals surface area contributed by atoms with Crippen LogP contribution in [-0.4, -0.2) is 26.6 Å². The van der Waals surface area contributed by atoms with Gasteiger partial charge in [0.1, 0.15) is 0 Å². The molecule has 1 aromatic rings. The van der Waals surface area contributed by atoms with Crippen LogP contribution >= 0.6 is 15.9 Å². The van der Waals surface area contributed by atoms with E-state index in [2.05, 4.69) is 40.2 Å². The fraction of sp³-hybridized carbons (Fsp3) is 0.667. The van der Waals surface area contributed by atoms with Gasteiger partial charge < -0.3 is 5.32 Å². The van der Waals surface area contributed by atoms with Crippen molar-refractivity contribution in [3.05, 3.63) is 17.5 Å². The first-order valence-corrected chi connectivity index (χ1v) is 6.99. The van der Waals surface area contributed by atoms with Gasteiger partial charge in [0, 0.05) is 24.1 Å². The summed E-state index contributed by atoms with van der Waals surface area (Å²) in [5.74, 6) is -0.0428. The largest absolute Gasteiger partial charge is 0.346 e. The van der Waals surface area contributed by atoms with Crippen LogP contribution in [-0.2, 0) is 7.05 Å². The van der Waals surface area contributed by atoms with E-state index < -0.39 is 0 Å². The topological polar surface area (TPSA) is 46.9 Å². The second-order valence-electron chi connectivity index (χ2n) is 4.38. The molecule has 5 heteroatoms. The number of halogens is 1. The molecule has 96 valence electrons. The molecule has 17 heavy (non-hydrogen) atoms. The van der Waals surface area contributed by atoms with Crippen LogP contribution in [0.15, 0.2) is 6.20 Å². The SMILES string of the molecule is CCC(CC)(CBr)NC(=O)c1cn(C)nc1C. The molecule has 0 bridgehead atoms. The molecule has 0 aliphatic rings. The van der Waals surface area contributed by atoms with Gasteiger partial charge in [-0.2, -0.15) is 5.10 Å². The maximum atomic E-state index is 12.2. The monoisotopic (exact) mass is 301 g/mol. The normalized spacial score (nSPS) is 11.6. The number of hydrogen-bond acceptors (Lipinski definition) is 2. The van der Waals surface area contributed by atoms with Crippen molar-refractivity contribution in [3.63, 3.8) is 0 Å². The maximum Gasteiger partial charge on any atom is 0.255 e. The van der Waals surface area contributed by atoms with Crippen LogP contribution in [0.5, 0.6) is 0 Å². The van der Waals surface area contributed by atoms with E-state index in [4.69, 9.17) is 0 Å². The Morgan fingerprint density at radius 1 is 1.53 bits per heavy atom. The fourth-order valence-electron chi connectivity index (χ4n) is 1.78. The summed E-state index contributed by atoms with van der Waals surface area (Å²) in [5, 5.41) is 8.06. The van der Waals surface area contributed by atoms with Gasteiger partial charge in [0.25, 0.3) is 5.91 Å². The number of nitrogens with zero attached hydrogens (tertiary/aromatic N) is 2. The van der Waals surface area contributed by atoms with Gasteiger partial charge in [0.2, 0.25) is 0 Å². The molecule has 1 rings (SSSR count). The summed E-state index contributed by atoms with van der Waals surface area (Å²) in [4.78, 5) is 12.2. The third-order valence-electron chi connectivity index (χ3n) is 3.25. The maximum absolute atomic E-state index is 12.2. The van der Waals surface area contributed by atoms with E-state index in [0.29, 0.717) is 5.56 Å². The van der Waals surface area contributed by atoms with E-state index in [1.807, 2.05) is 14.0 Å². The number of amides is 1. The predicted molar refractivity (Wildman–Crippen MR) is 72.5 cm³/mol. The van der Waals surface area contributed by atoms with Crippen LogP contribution in [0, 0.1) is 6.92 Å². The summed E-state index contributed by atoms with van der Waals surface area (Å²) >= 11 is 3.48. The smallest absolute Gasteiger partial charge is 0.255 e. The summed E-state index contributed by atoms with van der Waals surface area (Å²) in [6, 6.07) is 0. The summed E-state index contributed by atoms with van der Waals surface area (Å²) in [7, 11) is 1.82. The van der Waals surface area contributed by atoms with Gasteiger partial charge >= 0.3 is 0 Å². The van der Waals surface area contributed by atoms with Crippen LogP contribution in [0.3, 0.4) is 0 Å². The molecule has 0 aromatic carbocycles. The second kappa shape index (κ2) is 5.67. The van der Waals surface area contributed by atoms with E-state index >= 15 is 0 Å². The van der Waals surface area contributed by atoms with Gasteiger partial charge in [-0.15, -0.1) is 0 Å². The average molecular weight is 302 g/mol. The molecule has 0 saturated heterocycles. The first-order valence-electron chi connectivity index (χ1n) is 5.86. The zero-order valence-corrected chi connectivity index (χ0v) is 12.5. The average Bonchev–Trinajstić information content (AvgIpc) is 2.65. The number of aromatic nitrogens is 2. The highest BCUT2D eigenvalue weighted by molar-refractivity contribution is 9.09. The highest BCUT2D eigenvalue weighted by atomic mass is 79.9. The van der Waals surface area contributed by atoms with Gasteiger partial charge in [-0.3, -0.25) is 9.48 Å². The van der Waals surface area contributed by atoms with Crippen molar-refractivity contribution in [3.8, 4) is 0 Å². The van der Waals surface area contributed by atoms with Gasteiger partial charge in [-0.05, 0) is 19.8 Å². The van der Waals surface area contributed by atoms with Gasteiger partial charge in [-0.1, -0.05) is 29.8 Å². The predicted octanol–water partition coefficient (Wildman–Crippen LogP) is 2.41. The summed E-state index contributed by atoms with van der Waals surface area (Å²) < 4.78 is 1.66. The Morgan fingerprint density at radius 2 is 2.12 bits per heavy atom. The molecule has 1 amide bonds. The molecule has 0 aliphatic carbocycles. The van der Waals surface area contributed by atoms with Crippen LogP contribution in [0.4, 0.5) is 0 Å². The molecule has 1 N–H and O–H groups in total. The van der Waals surface area contributed by atoms with Gasteiger partial charge in [0.05, 0.1) is 11.3 Å². The highest BCUT2D eigenvalue weighted by Gasteiger charge is 2.28. The molecule has 0 fully saturated rings. The Bertz CT molecular complexity index is 388. The van der Waals surface area contributed by atoms with E-state index in [1.165, 1.54) is 0 Å². The van der Waals surface area contributed by atoms with Crippen molar-refractivity contribution in [1.82, 2.24) is 15.1 Å².